The molecule has 3 nitrogen and oxygen atoms in total. The Hall–Kier alpha value is -4.64. The number of hydrogen-bond donors (Lipinski definition) is 1. The molecule has 1 N–H and O–H groups in total. The molecule has 6 rings (SSSR count). The molecule has 4 unspecified atom stereocenters. The SMILES string of the molecule is CC(/N=C(\CC(=N)c1ccccc1)c1cccc(-c2cc(C#N)cc(P(c3ccccc3)C3C=C[C@H](C)CC3)c2)c1)C1C=CC=CC1. The average Bonchev–Trinajstić information content (AvgIpc) is 3.13. The third-order valence-corrected chi connectivity index (χ3v) is 12.0. The molecule has 2 aliphatic rings. The number of hydrogen-bond acceptors (Lipinski definition) is 3. The molecular weight excluding hydrogens is 589 g/mol. The summed E-state index contributed by atoms with van der Waals surface area (Å²) < 4.78 is 0. The molecule has 0 aromatic heterocycles. The maximum Gasteiger partial charge on any atom is 0.0992 e. The lowest BCUT2D eigenvalue weighted by Gasteiger charge is -2.30. The zero-order valence-electron chi connectivity index (χ0n) is 27.3. The van der Waals surface area contributed by atoms with Gasteiger partial charge in [-0.3, -0.25) is 4.99 Å². The van der Waals surface area contributed by atoms with Crippen LogP contribution in [0.5, 0.6) is 0 Å². The lowest BCUT2D eigenvalue weighted by molar-refractivity contribution is 0.540. The van der Waals surface area contributed by atoms with E-state index >= 15 is 0 Å². The van der Waals surface area contributed by atoms with Gasteiger partial charge in [-0.05, 0) is 97.2 Å². The molecule has 2 aliphatic carbocycles. The molecule has 5 atom stereocenters. The molecule has 4 aromatic rings. The minimum Gasteiger partial charge on any atom is -0.304 e. The van der Waals surface area contributed by atoms with Crippen LogP contribution >= 0.6 is 7.92 Å². The van der Waals surface area contributed by atoms with E-state index in [4.69, 9.17) is 10.4 Å². The van der Waals surface area contributed by atoms with Crippen molar-refractivity contribution in [2.24, 2.45) is 16.8 Å². The predicted molar refractivity (Wildman–Crippen MR) is 201 cm³/mol. The molecule has 0 saturated heterocycles. The number of rotatable bonds is 10. The summed E-state index contributed by atoms with van der Waals surface area (Å²) >= 11 is 0. The van der Waals surface area contributed by atoms with Gasteiger partial charge in [-0.25, -0.2) is 0 Å². The number of nitrogens with zero attached hydrogens (tertiary/aromatic N) is 2. The number of benzene rings is 4. The van der Waals surface area contributed by atoms with Crippen LogP contribution in [-0.4, -0.2) is 23.1 Å². The van der Waals surface area contributed by atoms with Gasteiger partial charge in [0.15, 0.2) is 0 Å². The maximum absolute atomic E-state index is 10.2. The summed E-state index contributed by atoms with van der Waals surface area (Å²) in [7, 11) is -0.695. The first-order valence-corrected chi connectivity index (χ1v) is 18.1. The predicted octanol–water partition coefficient (Wildman–Crippen LogP) is 9.78. The Labute approximate surface area is 281 Å². The van der Waals surface area contributed by atoms with Crippen LogP contribution in [0.1, 0.15) is 56.2 Å². The fourth-order valence-electron chi connectivity index (χ4n) is 6.57. The first-order valence-electron chi connectivity index (χ1n) is 16.7. The molecule has 47 heavy (non-hydrogen) atoms. The minimum absolute atomic E-state index is 0.0765. The lowest BCUT2D eigenvalue weighted by Crippen LogP contribution is -2.23. The molecule has 0 amide bonds. The summed E-state index contributed by atoms with van der Waals surface area (Å²) in [6.45, 7) is 4.47. The fraction of sp³-hybridized carbons (Fsp3) is 0.233. The van der Waals surface area contributed by atoms with E-state index in [1.165, 1.54) is 17.0 Å². The normalized spacial score (nSPS) is 20.4. The summed E-state index contributed by atoms with van der Waals surface area (Å²) in [5.41, 5.74) is 6.63. The van der Waals surface area contributed by atoms with E-state index in [2.05, 4.69) is 123 Å². The molecule has 0 radical (unpaired) electrons. The van der Waals surface area contributed by atoms with E-state index in [1.54, 1.807) is 0 Å². The van der Waals surface area contributed by atoms with Gasteiger partial charge in [-0.1, -0.05) is 122 Å². The van der Waals surface area contributed by atoms with Gasteiger partial charge in [0, 0.05) is 29.4 Å². The Kier molecular flexibility index (Phi) is 10.5. The van der Waals surface area contributed by atoms with Crippen molar-refractivity contribution in [2.75, 3.05) is 0 Å². The molecule has 4 aromatic carbocycles. The molecule has 0 bridgehead atoms. The van der Waals surface area contributed by atoms with Crippen LogP contribution in [0.2, 0.25) is 0 Å². The van der Waals surface area contributed by atoms with Crippen molar-refractivity contribution in [3.8, 4) is 17.2 Å². The Morgan fingerprint density at radius 3 is 2.30 bits per heavy atom. The third-order valence-electron chi connectivity index (χ3n) is 9.26. The van der Waals surface area contributed by atoms with Crippen LogP contribution in [0.4, 0.5) is 0 Å². The van der Waals surface area contributed by atoms with Gasteiger partial charge in [-0.15, -0.1) is 0 Å². The largest absolute Gasteiger partial charge is 0.304 e. The summed E-state index contributed by atoms with van der Waals surface area (Å²) in [6, 6.07) is 38.3. The standard InChI is InChI=1S/C43H42N3P/c1-31-21-23-40(24-22-31)47(39-19-10-5-11-20-39)41-26-33(30-44)25-38(28-41)36-17-12-18-37(27-36)43(29-42(45)35-15-8-4-9-16-35)46-32(2)34-13-6-3-7-14-34/h3-13,15-21,23,25-28,31-32,34,40,45H,14,22,24,29H2,1-2H3/b45-42?,46-43+/t31-,32?,34?,40?,47?/m0/s1. The second-order valence-electron chi connectivity index (χ2n) is 12.7. The second-order valence-corrected chi connectivity index (χ2v) is 15.2. The van der Waals surface area contributed by atoms with E-state index in [0.29, 0.717) is 35.2 Å². The zero-order valence-corrected chi connectivity index (χ0v) is 28.2. The summed E-state index contributed by atoms with van der Waals surface area (Å²) in [5.74, 6) is 0.934. The van der Waals surface area contributed by atoms with Crippen molar-refractivity contribution in [3.63, 3.8) is 0 Å². The molecule has 0 saturated carbocycles. The van der Waals surface area contributed by atoms with Gasteiger partial charge < -0.3 is 5.41 Å². The highest BCUT2D eigenvalue weighted by Crippen LogP contribution is 2.45. The Morgan fingerprint density at radius 1 is 0.830 bits per heavy atom. The van der Waals surface area contributed by atoms with E-state index in [0.717, 1.165) is 40.8 Å². The van der Waals surface area contributed by atoms with E-state index in [9.17, 15) is 5.26 Å². The minimum atomic E-state index is -0.695. The number of aliphatic imine (C=N–C) groups is 1. The third kappa shape index (κ3) is 8.02. The van der Waals surface area contributed by atoms with Crippen LogP contribution in [0.15, 0.2) is 145 Å². The molecule has 0 spiro atoms. The fourth-order valence-corrected chi connectivity index (χ4v) is 9.36. The molecule has 0 heterocycles. The lowest BCUT2D eigenvalue weighted by atomic mass is 9.92. The van der Waals surface area contributed by atoms with Crippen molar-refractivity contribution >= 4 is 30.0 Å². The molecule has 0 aliphatic heterocycles. The van der Waals surface area contributed by atoms with Gasteiger partial charge in [0.25, 0.3) is 0 Å². The van der Waals surface area contributed by atoms with Gasteiger partial charge in [0.1, 0.15) is 0 Å². The van der Waals surface area contributed by atoms with Crippen molar-refractivity contribution in [1.29, 1.82) is 10.7 Å². The Morgan fingerprint density at radius 2 is 1.60 bits per heavy atom. The highest BCUT2D eigenvalue weighted by Gasteiger charge is 2.26. The summed E-state index contributed by atoms with van der Waals surface area (Å²) in [5, 5.41) is 21.8. The Bertz CT molecular complexity index is 1860. The van der Waals surface area contributed by atoms with Crippen LogP contribution in [0, 0.1) is 28.6 Å². The zero-order chi connectivity index (χ0) is 32.6. The van der Waals surface area contributed by atoms with Crippen molar-refractivity contribution < 1.29 is 0 Å². The molecule has 234 valence electrons. The average molecular weight is 632 g/mol. The van der Waals surface area contributed by atoms with Gasteiger partial charge in [0.05, 0.1) is 17.7 Å². The highest BCUT2D eigenvalue weighted by atomic mass is 31.1. The van der Waals surface area contributed by atoms with Gasteiger partial charge in [-0.2, -0.15) is 5.26 Å². The number of allylic oxidation sites excluding steroid dienone is 5. The quantitative estimate of drug-likeness (QED) is 0.106. The van der Waals surface area contributed by atoms with Crippen LogP contribution in [0.3, 0.4) is 0 Å². The first-order chi connectivity index (χ1) is 23.0. The van der Waals surface area contributed by atoms with Crippen LogP contribution in [-0.2, 0) is 0 Å². The topological polar surface area (TPSA) is 60.0 Å². The first kappa shape index (κ1) is 32.3. The van der Waals surface area contributed by atoms with E-state index in [1.807, 2.05) is 36.4 Å². The van der Waals surface area contributed by atoms with Crippen molar-refractivity contribution in [3.05, 3.63) is 156 Å². The highest BCUT2D eigenvalue weighted by molar-refractivity contribution is 7.73. The summed E-state index contributed by atoms with van der Waals surface area (Å²) in [6.07, 6.45) is 17.2. The molecular formula is C43H42N3P. The van der Waals surface area contributed by atoms with Gasteiger partial charge >= 0.3 is 0 Å². The van der Waals surface area contributed by atoms with E-state index in [-0.39, 0.29) is 6.04 Å². The van der Waals surface area contributed by atoms with E-state index < -0.39 is 7.92 Å². The van der Waals surface area contributed by atoms with Crippen molar-refractivity contribution in [2.45, 2.75) is 51.2 Å². The number of nitrogens with one attached hydrogen (secondary N) is 1. The molecule has 4 heteroatoms. The van der Waals surface area contributed by atoms with Crippen LogP contribution in [0.25, 0.3) is 11.1 Å². The van der Waals surface area contributed by atoms with Crippen molar-refractivity contribution in [1.82, 2.24) is 0 Å². The number of nitriles is 1. The molecule has 0 fully saturated rings. The van der Waals surface area contributed by atoms with Crippen LogP contribution < -0.4 is 10.6 Å². The maximum atomic E-state index is 10.2. The van der Waals surface area contributed by atoms with Gasteiger partial charge in [0.2, 0.25) is 0 Å². The Balaban J connectivity index is 1.40. The smallest absolute Gasteiger partial charge is 0.0992 e. The summed E-state index contributed by atoms with van der Waals surface area (Å²) in [4.78, 5) is 5.29. The second kappa shape index (κ2) is 15.3. The monoisotopic (exact) mass is 631 g/mol.